The molecule has 1 aliphatic carbocycles. The van der Waals surface area contributed by atoms with Crippen LogP contribution in [0, 0.1) is 19.3 Å². The summed E-state index contributed by atoms with van der Waals surface area (Å²) in [5, 5.41) is 3.84. The molecule has 2 unspecified atom stereocenters. The molecule has 0 amide bonds. The molecule has 0 heterocycles. The first-order chi connectivity index (χ1) is 8.38. The van der Waals surface area contributed by atoms with Crippen LogP contribution in [0.15, 0.2) is 18.2 Å². The summed E-state index contributed by atoms with van der Waals surface area (Å²) in [7, 11) is 0. The fourth-order valence-electron chi connectivity index (χ4n) is 3.29. The van der Waals surface area contributed by atoms with Gasteiger partial charge in [0.2, 0.25) is 0 Å². The molecular formula is C17H27N. The van der Waals surface area contributed by atoms with E-state index in [0.717, 1.165) is 0 Å². The van der Waals surface area contributed by atoms with Crippen molar-refractivity contribution in [3.05, 3.63) is 34.9 Å². The van der Waals surface area contributed by atoms with Crippen LogP contribution in [-0.4, -0.2) is 6.04 Å². The van der Waals surface area contributed by atoms with Crippen molar-refractivity contribution in [2.45, 2.75) is 66.0 Å². The topological polar surface area (TPSA) is 12.0 Å². The summed E-state index contributed by atoms with van der Waals surface area (Å²) in [6, 6.07) is 7.98. The van der Waals surface area contributed by atoms with Gasteiger partial charge < -0.3 is 5.32 Å². The lowest BCUT2D eigenvalue weighted by Crippen LogP contribution is -2.39. The quantitative estimate of drug-likeness (QED) is 0.825. The molecule has 1 saturated carbocycles. The first kappa shape index (κ1) is 13.6. The van der Waals surface area contributed by atoms with Crippen LogP contribution >= 0.6 is 0 Å². The first-order valence-corrected chi connectivity index (χ1v) is 7.23. The summed E-state index contributed by atoms with van der Waals surface area (Å²) in [6.07, 6.45) is 4.04. The Morgan fingerprint density at radius 2 is 1.78 bits per heavy atom. The van der Waals surface area contributed by atoms with Gasteiger partial charge in [-0.05, 0) is 44.6 Å². The maximum Gasteiger partial charge on any atom is 0.0294 e. The van der Waals surface area contributed by atoms with Gasteiger partial charge in [-0.3, -0.25) is 0 Å². The molecule has 1 nitrogen and oxygen atoms in total. The Morgan fingerprint density at radius 1 is 1.17 bits per heavy atom. The third-order valence-corrected chi connectivity index (χ3v) is 4.45. The van der Waals surface area contributed by atoms with Crippen LogP contribution in [0.5, 0.6) is 0 Å². The number of hydrogen-bond acceptors (Lipinski definition) is 1. The van der Waals surface area contributed by atoms with Crippen LogP contribution in [0.2, 0.25) is 0 Å². The van der Waals surface area contributed by atoms with Crippen molar-refractivity contribution in [1.29, 1.82) is 0 Å². The molecule has 1 heteroatoms. The van der Waals surface area contributed by atoms with E-state index in [2.05, 4.69) is 58.1 Å². The molecule has 1 aromatic rings. The summed E-state index contributed by atoms with van der Waals surface area (Å²) < 4.78 is 0. The minimum absolute atomic E-state index is 0.450. The zero-order valence-corrected chi connectivity index (χ0v) is 12.5. The molecule has 100 valence electrons. The van der Waals surface area contributed by atoms with Gasteiger partial charge in [0, 0.05) is 12.1 Å². The highest BCUT2D eigenvalue weighted by Crippen LogP contribution is 2.38. The molecule has 2 atom stereocenters. The lowest BCUT2D eigenvalue weighted by Gasteiger charge is -2.31. The SMILES string of the molecule is Cc1cc(C)cc(C(C)NC2CCCC2(C)C)c1. The van der Waals surface area contributed by atoms with Gasteiger partial charge in [0.1, 0.15) is 0 Å². The number of benzene rings is 1. The maximum atomic E-state index is 3.84. The first-order valence-electron chi connectivity index (χ1n) is 7.23. The van der Waals surface area contributed by atoms with Gasteiger partial charge in [0.05, 0.1) is 0 Å². The molecule has 0 radical (unpaired) electrons. The largest absolute Gasteiger partial charge is 0.307 e. The number of hydrogen-bond donors (Lipinski definition) is 1. The van der Waals surface area contributed by atoms with E-state index < -0.39 is 0 Å². The zero-order valence-electron chi connectivity index (χ0n) is 12.5. The average Bonchev–Trinajstić information content (AvgIpc) is 2.57. The fourth-order valence-corrected chi connectivity index (χ4v) is 3.29. The molecule has 2 rings (SSSR count). The summed E-state index contributed by atoms with van der Waals surface area (Å²) >= 11 is 0. The molecule has 1 fully saturated rings. The Hall–Kier alpha value is -0.820. The predicted octanol–water partition coefficient (Wildman–Crippen LogP) is 4.53. The van der Waals surface area contributed by atoms with Gasteiger partial charge in [-0.1, -0.05) is 49.6 Å². The highest BCUT2D eigenvalue weighted by Gasteiger charge is 2.34. The number of rotatable bonds is 3. The average molecular weight is 245 g/mol. The molecule has 0 aliphatic heterocycles. The predicted molar refractivity (Wildman–Crippen MR) is 78.9 cm³/mol. The minimum Gasteiger partial charge on any atom is -0.307 e. The molecule has 0 aromatic heterocycles. The van der Waals surface area contributed by atoms with E-state index in [-0.39, 0.29) is 0 Å². The Bertz CT molecular complexity index is 399. The van der Waals surface area contributed by atoms with Gasteiger partial charge in [-0.2, -0.15) is 0 Å². The van der Waals surface area contributed by atoms with E-state index >= 15 is 0 Å². The van der Waals surface area contributed by atoms with Crippen molar-refractivity contribution in [2.24, 2.45) is 5.41 Å². The van der Waals surface area contributed by atoms with Crippen molar-refractivity contribution in [3.63, 3.8) is 0 Å². The molecule has 1 aromatic carbocycles. The van der Waals surface area contributed by atoms with Gasteiger partial charge in [0.15, 0.2) is 0 Å². The minimum atomic E-state index is 0.450. The van der Waals surface area contributed by atoms with Gasteiger partial charge in [-0.15, -0.1) is 0 Å². The van der Waals surface area contributed by atoms with Gasteiger partial charge in [0.25, 0.3) is 0 Å². The van der Waals surface area contributed by atoms with E-state index in [0.29, 0.717) is 17.5 Å². The Morgan fingerprint density at radius 3 is 2.28 bits per heavy atom. The van der Waals surface area contributed by atoms with Crippen molar-refractivity contribution in [1.82, 2.24) is 5.32 Å². The smallest absolute Gasteiger partial charge is 0.0294 e. The highest BCUT2D eigenvalue weighted by atomic mass is 15.0. The van der Waals surface area contributed by atoms with E-state index in [9.17, 15) is 0 Å². The molecule has 0 bridgehead atoms. The van der Waals surface area contributed by atoms with E-state index in [1.54, 1.807) is 0 Å². The summed E-state index contributed by atoms with van der Waals surface area (Å²) in [6.45, 7) is 11.5. The normalized spacial score (nSPS) is 24.2. The number of aryl methyl sites for hydroxylation is 2. The second-order valence-electron chi connectivity index (χ2n) is 6.74. The van der Waals surface area contributed by atoms with Gasteiger partial charge >= 0.3 is 0 Å². The van der Waals surface area contributed by atoms with E-state index in [1.165, 1.54) is 36.0 Å². The lowest BCUT2D eigenvalue weighted by molar-refractivity contribution is 0.266. The molecular weight excluding hydrogens is 218 g/mol. The molecule has 1 N–H and O–H groups in total. The van der Waals surface area contributed by atoms with Crippen LogP contribution in [0.4, 0.5) is 0 Å². The number of nitrogens with one attached hydrogen (secondary N) is 1. The van der Waals surface area contributed by atoms with Crippen LogP contribution in [0.3, 0.4) is 0 Å². The second-order valence-corrected chi connectivity index (χ2v) is 6.74. The Labute approximate surface area is 112 Å². The summed E-state index contributed by atoms with van der Waals surface area (Å²) in [4.78, 5) is 0. The highest BCUT2D eigenvalue weighted by molar-refractivity contribution is 5.30. The molecule has 0 saturated heterocycles. The summed E-state index contributed by atoms with van der Waals surface area (Å²) in [5.74, 6) is 0. The van der Waals surface area contributed by atoms with Gasteiger partial charge in [-0.25, -0.2) is 0 Å². The standard InChI is InChI=1S/C17H27N/c1-12-9-13(2)11-15(10-12)14(3)18-16-7-6-8-17(16,4)5/h9-11,14,16,18H,6-8H2,1-5H3. The monoisotopic (exact) mass is 245 g/mol. The van der Waals surface area contributed by atoms with Crippen LogP contribution in [0.25, 0.3) is 0 Å². The van der Waals surface area contributed by atoms with E-state index in [1.807, 2.05) is 0 Å². The Kier molecular flexibility index (Phi) is 3.82. The molecule has 18 heavy (non-hydrogen) atoms. The van der Waals surface area contributed by atoms with E-state index in [4.69, 9.17) is 0 Å². The van der Waals surface area contributed by atoms with Crippen LogP contribution < -0.4 is 5.32 Å². The third kappa shape index (κ3) is 2.95. The van der Waals surface area contributed by atoms with Crippen molar-refractivity contribution in [2.75, 3.05) is 0 Å². The zero-order chi connectivity index (χ0) is 13.3. The fraction of sp³-hybridized carbons (Fsp3) is 0.647. The van der Waals surface area contributed by atoms with Crippen LogP contribution in [0.1, 0.15) is 62.8 Å². The van der Waals surface area contributed by atoms with Crippen molar-refractivity contribution >= 4 is 0 Å². The molecule has 0 spiro atoms. The van der Waals surface area contributed by atoms with Crippen molar-refractivity contribution < 1.29 is 0 Å². The van der Waals surface area contributed by atoms with Crippen molar-refractivity contribution in [3.8, 4) is 0 Å². The lowest BCUT2D eigenvalue weighted by atomic mass is 9.86. The summed E-state index contributed by atoms with van der Waals surface area (Å²) in [5.41, 5.74) is 4.61. The third-order valence-electron chi connectivity index (χ3n) is 4.45. The Balaban J connectivity index is 2.09. The second kappa shape index (κ2) is 5.05. The molecule has 1 aliphatic rings. The van der Waals surface area contributed by atoms with Crippen LogP contribution in [-0.2, 0) is 0 Å². The maximum absolute atomic E-state index is 3.84.